The predicted octanol–water partition coefficient (Wildman–Crippen LogP) is 3.26. The van der Waals surface area contributed by atoms with Gasteiger partial charge in [0, 0.05) is 12.5 Å². The SMILES string of the molecule is CCOc1ccc2c(cc1=O)[C@@H](NC(C)=O)CCc1cc(OC)c(OC)c(OC)c1-2. The Kier molecular flexibility index (Phi) is 6.50. The highest BCUT2D eigenvalue weighted by Crippen LogP contribution is 2.50. The molecule has 1 aliphatic rings. The molecular weight excluding hydrogens is 386 g/mol. The average Bonchev–Trinajstić information content (AvgIpc) is 2.96. The largest absolute Gasteiger partial charge is 0.493 e. The number of hydrogen-bond donors (Lipinski definition) is 1. The molecule has 3 rings (SSSR count). The van der Waals surface area contributed by atoms with Gasteiger partial charge < -0.3 is 24.3 Å². The summed E-state index contributed by atoms with van der Waals surface area (Å²) in [7, 11) is 4.70. The summed E-state index contributed by atoms with van der Waals surface area (Å²) in [6.45, 7) is 3.67. The van der Waals surface area contributed by atoms with Gasteiger partial charge >= 0.3 is 0 Å². The molecule has 7 nitrogen and oxygen atoms in total. The summed E-state index contributed by atoms with van der Waals surface area (Å²) in [6.07, 6.45) is 1.27. The molecule has 0 fully saturated rings. The van der Waals surface area contributed by atoms with Crippen LogP contribution in [-0.4, -0.2) is 33.8 Å². The Bertz CT molecular complexity index is 1020. The maximum atomic E-state index is 12.8. The first-order valence-electron chi connectivity index (χ1n) is 9.85. The second-order valence-corrected chi connectivity index (χ2v) is 6.98. The van der Waals surface area contributed by atoms with Gasteiger partial charge in [0.2, 0.25) is 17.1 Å². The molecule has 0 saturated heterocycles. The van der Waals surface area contributed by atoms with Gasteiger partial charge in [0.1, 0.15) is 0 Å². The highest BCUT2D eigenvalue weighted by atomic mass is 16.5. The quantitative estimate of drug-likeness (QED) is 0.783. The highest BCUT2D eigenvalue weighted by molar-refractivity contribution is 5.83. The number of ether oxygens (including phenoxy) is 4. The maximum Gasteiger partial charge on any atom is 0.220 e. The van der Waals surface area contributed by atoms with E-state index in [0.717, 1.165) is 16.7 Å². The lowest BCUT2D eigenvalue weighted by molar-refractivity contribution is -0.119. The van der Waals surface area contributed by atoms with Crippen LogP contribution in [0.1, 0.15) is 37.4 Å². The number of carbonyl (C=O) groups excluding carboxylic acids is 1. The fraction of sp³-hybridized carbons (Fsp3) is 0.391. The van der Waals surface area contributed by atoms with Crippen molar-refractivity contribution in [3.63, 3.8) is 0 Å². The lowest BCUT2D eigenvalue weighted by Crippen LogP contribution is -2.26. The molecular formula is C23H27NO6. The Morgan fingerprint density at radius 1 is 1.07 bits per heavy atom. The lowest BCUT2D eigenvalue weighted by atomic mass is 9.95. The van der Waals surface area contributed by atoms with Gasteiger partial charge in [-0.3, -0.25) is 9.59 Å². The number of amides is 1. The normalized spacial score (nSPS) is 14.6. The number of benzene rings is 1. The van der Waals surface area contributed by atoms with Crippen molar-refractivity contribution in [2.75, 3.05) is 27.9 Å². The molecule has 2 aromatic rings. The molecule has 0 radical (unpaired) electrons. The first kappa shape index (κ1) is 21.5. The maximum absolute atomic E-state index is 12.8. The van der Waals surface area contributed by atoms with E-state index in [9.17, 15) is 9.59 Å². The number of aryl methyl sites for hydroxylation is 1. The van der Waals surface area contributed by atoms with Crippen molar-refractivity contribution in [2.45, 2.75) is 32.7 Å². The molecule has 0 bridgehead atoms. The number of nitrogens with one attached hydrogen (secondary N) is 1. The minimum absolute atomic E-state index is 0.164. The van der Waals surface area contributed by atoms with Crippen LogP contribution in [0.5, 0.6) is 23.0 Å². The molecule has 0 heterocycles. The number of rotatable bonds is 6. The van der Waals surface area contributed by atoms with Crippen LogP contribution in [-0.2, 0) is 11.2 Å². The third-order valence-corrected chi connectivity index (χ3v) is 5.18. The summed E-state index contributed by atoms with van der Waals surface area (Å²) in [4.78, 5) is 24.7. The van der Waals surface area contributed by atoms with Crippen molar-refractivity contribution in [1.82, 2.24) is 5.32 Å². The van der Waals surface area contributed by atoms with Crippen molar-refractivity contribution >= 4 is 5.91 Å². The molecule has 0 aromatic heterocycles. The van der Waals surface area contributed by atoms with Gasteiger partial charge in [-0.2, -0.15) is 0 Å². The molecule has 1 N–H and O–H groups in total. The molecule has 1 amide bonds. The topological polar surface area (TPSA) is 83.1 Å². The predicted molar refractivity (Wildman–Crippen MR) is 114 cm³/mol. The average molecular weight is 413 g/mol. The van der Waals surface area contributed by atoms with E-state index in [4.69, 9.17) is 18.9 Å². The molecule has 0 spiro atoms. The van der Waals surface area contributed by atoms with E-state index in [-0.39, 0.29) is 23.1 Å². The van der Waals surface area contributed by atoms with E-state index >= 15 is 0 Å². The van der Waals surface area contributed by atoms with Gasteiger partial charge in [0.15, 0.2) is 17.2 Å². The van der Waals surface area contributed by atoms with Crippen LogP contribution in [0.2, 0.25) is 0 Å². The van der Waals surface area contributed by atoms with Gasteiger partial charge in [0.25, 0.3) is 0 Å². The molecule has 7 heteroatoms. The van der Waals surface area contributed by atoms with Crippen LogP contribution in [0.3, 0.4) is 0 Å². The van der Waals surface area contributed by atoms with E-state index in [1.54, 1.807) is 33.5 Å². The minimum Gasteiger partial charge on any atom is -0.493 e. The fourth-order valence-corrected chi connectivity index (χ4v) is 3.97. The number of methoxy groups -OCH3 is 3. The third-order valence-electron chi connectivity index (χ3n) is 5.18. The molecule has 0 unspecified atom stereocenters. The zero-order chi connectivity index (χ0) is 21.8. The first-order chi connectivity index (χ1) is 14.4. The monoisotopic (exact) mass is 413 g/mol. The van der Waals surface area contributed by atoms with Crippen molar-refractivity contribution in [3.05, 3.63) is 45.6 Å². The molecule has 30 heavy (non-hydrogen) atoms. The Hall–Kier alpha value is -3.22. The fourth-order valence-electron chi connectivity index (χ4n) is 3.97. The third kappa shape index (κ3) is 3.92. The Labute approximate surface area is 175 Å². The number of fused-ring (bicyclic) bond motifs is 3. The Morgan fingerprint density at radius 2 is 1.80 bits per heavy atom. The van der Waals surface area contributed by atoms with Crippen molar-refractivity contribution in [3.8, 4) is 34.1 Å². The van der Waals surface area contributed by atoms with Gasteiger partial charge in [0.05, 0.1) is 34.0 Å². The van der Waals surface area contributed by atoms with Crippen molar-refractivity contribution < 1.29 is 23.7 Å². The van der Waals surface area contributed by atoms with Gasteiger partial charge in [-0.05, 0) is 54.7 Å². The summed E-state index contributed by atoms with van der Waals surface area (Å²) in [5.41, 5.74) is 3.05. The van der Waals surface area contributed by atoms with Crippen molar-refractivity contribution in [2.24, 2.45) is 0 Å². The van der Waals surface area contributed by atoms with Gasteiger partial charge in [-0.1, -0.05) is 6.07 Å². The second-order valence-electron chi connectivity index (χ2n) is 6.98. The van der Waals surface area contributed by atoms with E-state index in [0.29, 0.717) is 42.3 Å². The highest BCUT2D eigenvalue weighted by Gasteiger charge is 2.29. The Morgan fingerprint density at radius 3 is 2.40 bits per heavy atom. The van der Waals surface area contributed by atoms with Gasteiger partial charge in [-0.25, -0.2) is 0 Å². The van der Waals surface area contributed by atoms with Crippen LogP contribution in [0, 0.1) is 0 Å². The van der Waals surface area contributed by atoms with Crippen LogP contribution in [0.15, 0.2) is 29.1 Å². The zero-order valence-electron chi connectivity index (χ0n) is 18.0. The van der Waals surface area contributed by atoms with Gasteiger partial charge in [-0.15, -0.1) is 0 Å². The van der Waals surface area contributed by atoms with E-state index in [1.807, 2.05) is 19.1 Å². The molecule has 160 valence electrons. The summed E-state index contributed by atoms with van der Waals surface area (Å²) >= 11 is 0. The zero-order valence-corrected chi connectivity index (χ0v) is 18.0. The summed E-state index contributed by atoms with van der Waals surface area (Å²) in [5.74, 6) is 1.65. The molecule has 1 atom stereocenters. The lowest BCUT2D eigenvalue weighted by Gasteiger charge is -2.19. The summed E-state index contributed by atoms with van der Waals surface area (Å²) < 4.78 is 22.3. The van der Waals surface area contributed by atoms with Crippen molar-refractivity contribution in [1.29, 1.82) is 0 Å². The first-order valence-corrected chi connectivity index (χ1v) is 9.85. The molecule has 1 aliphatic carbocycles. The molecule has 0 saturated carbocycles. The van der Waals surface area contributed by atoms with Crippen LogP contribution in [0.25, 0.3) is 11.1 Å². The minimum atomic E-state index is -0.332. The Balaban J connectivity index is 2.39. The smallest absolute Gasteiger partial charge is 0.220 e. The van der Waals surface area contributed by atoms with Crippen LogP contribution >= 0.6 is 0 Å². The van der Waals surface area contributed by atoms with E-state index in [1.165, 1.54) is 6.92 Å². The summed E-state index contributed by atoms with van der Waals surface area (Å²) in [6, 6.07) is 6.65. The molecule has 2 aromatic carbocycles. The standard InChI is InChI=1S/C23H27NO6/c1-6-30-19-10-8-15-16(12-18(19)26)17(24-13(2)25)9-7-14-11-20(27-3)22(28-4)23(29-5)21(14)15/h8,10-12,17H,6-7,9H2,1-5H3,(H,24,25)/t17-/m0/s1. The second kappa shape index (κ2) is 9.07. The van der Waals surface area contributed by atoms with E-state index in [2.05, 4.69) is 5.32 Å². The summed E-state index contributed by atoms with van der Waals surface area (Å²) in [5, 5.41) is 2.98. The van der Waals surface area contributed by atoms with Crippen LogP contribution in [0.4, 0.5) is 0 Å². The molecule has 0 aliphatic heterocycles. The number of carbonyl (C=O) groups is 1. The number of hydrogen-bond acceptors (Lipinski definition) is 6. The van der Waals surface area contributed by atoms with E-state index < -0.39 is 0 Å². The van der Waals surface area contributed by atoms with Crippen LogP contribution < -0.4 is 29.7 Å².